The van der Waals surface area contributed by atoms with Gasteiger partial charge in [0.25, 0.3) is 0 Å². The molecule has 2 N–H and O–H groups in total. The maximum absolute atomic E-state index is 11.8. The maximum atomic E-state index is 11.8. The predicted octanol–water partition coefficient (Wildman–Crippen LogP) is 3.32. The molecule has 0 aromatic heterocycles. The van der Waals surface area contributed by atoms with Gasteiger partial charge in [-0.1, -0.05) is 37.3 Å². The highest BCUT2D eigenvalue weighted by Gasteiger charge is 2.15. The molecule has 1 unspecified atom stereocenters. The summed E-state index contributed by atoms with van der Waals surface area (Å²) >= 11 is 0. The van der Waals surface area contributed by atoms with Crippen LogP contribution in [0.1, 0.15) is 51.0 Å². The van der Waals surface area contributed by atoms with Crippen molar-refractivity contribution in [2.75, 3.05) is 32.7 Å². The molecule has 1 fully saturated rings. The van der Waals surface area contributed by atoms with Gasteiger partial charge in [-0.05, 0) is 56.7 Å². The minimum absolute atomic E-state index is 0.0473. The molecule has 1 aromatic rings. The Labute approximate surface area is 169 Å². The zero-order valence-corrected chi connectivity index (χ0v) is 17.1. The number of nitrogens with zero attached hydrogens (tertiary/aromatic N) is 1. The van der Waals surface area contributed by atoms with E-state index in [-0.39, 0.29) is 12.5 Å². The van der Waals surface area contributed by atoms with Crippen LogP contribution in [0.2, 0.25) is 0 Å². The highest BCUT2D eigenvalue weighted by atomic mass is 16.5. The Kier molecular flexibility index (Phi) is 10.4. The first-order chi connectivity index (χ1) is 13.6. The fourth-order valence-corrected chi connectivity index (χ4v) is 3.48. The lowest BCUT2D eigenvalue weighted by atomic mass is 10.0. The molecule has 0 bridgehead atoms. The number of hydrogen-bond acceptors (Lipinski definition) is 4. The number of piperidine rings is 1. The summed E-state index contributed by atoms with van der Waals surface area (Å²) in [6.45, 7) is 7.32. The summed E-state index contributed by atoms with van der Waals surface area (Å²) in [5, 5.41) is 5.64. The van der Waals surface area contributed by atoms with Gasteiger partial charge in [0.05, 0.1) is 0 Å². The van der Waals surface area contributed by atoms with Gasteiger partial charge in [0.15, 0.2) is 0 Å². The highest BCUT2D eigenvalue weighted by Crippen LogP contribution is 2.15. The Hall–Kier alpha value is -2.08. The van der Waals surface area contributed by atoms with Crippen molar-refractivity contribution in [3.05, 3.63) is 35.9 Å². The molecule has 0 saturated carbocycles. The minimum atomic E-state index is -0.448. The van der Waals surface area contributed by atoms with Crippen molar-refractivity contribution in [1.29, 1.82) is 0 Å². The monoisotopic (exact) mass is 389 g/mol. The molecule has 28 heavy (non-hydrogen) atoms. The number of rotatable bonds is 11. The molecule has 6 heteroatoms. The van der Waals surface area contributed by atoms with Crippen molar-refractivity contribution in [1.82, 2.24) is 15.5 Å². The van der Waals surface area contributed by atoms with E-state index < -0.39 is 6.09 Å². The van der Waals surface area contributed by atoms with Crippen LogP contribution in [0.5, 0.6) is 0 Å². The number of ether oxygens (including phenoxy) is 1. The van der Waals surface area contributed by atoms with Crippen LogP contribution in [0.3, 0.4) is 0 Å². The van der Waals surface area contributed by atoms with Gasteiger partial charge in [0.1, 0.15) is 6.61 Å². The third kappa shape index (κ3) is 9.74. The quantitative estimate of drug-likeness (QED) is 0.570. The van der Waals surface area contributed by atoms with Crippen molar-refractivity contribution in [3.63, 3.8) is 0 Å². The number of amides is 2. The number of likely N-dealkylation sites (tertiary alicyclic amines) is 1. The normalized spacial score (nSPS) is 17.1. The van der Waals surface area contributed by atoms with Crippen molar-refractivity contribution in [2.24, 2.45) is 5.92 Å². The second-order valence-corrected chi connectivity index (χ2v) is 7.70. The topological polar surface area (TPSA) is 70.7 Å². The van der Waals surface area contributed by atoms with Gasteiger partial charge in [-0.3, -0.25) is 4.79 Å². The number of hydrogen-bond donors (Lipinski definition) is 2. The SMILES string of the molecule is CC1CCCN(CCCCNC(=O)CCCNC(=O)OCc2ccccc2)C1. The van der Waals surface area contributed by atoms with Crippen molar-refractivity contribution >= 4 is 12.0 Å². The van der Waals surface area contributed by atoms with Gasteiger partial charge in [0, 0.05) is 26.1 Å². The average molecular weight is 390 g/mol. The molecule has 1 heterocycles. The number of benzene rings is 1. The van der Waals surface area contributed by atoms with Crippen LogP contribution in [0.4, 0.5) is 4.79 Å². The molecule has 0 radical (unpaired) electrons. The van der Waals surface area contributed by atoms with E-state index in [1.807, 2.05) is 30.3 Å². The molecule has 1 atom stereocenters. The molecule has 6 nitrogen and oxygen atoms in total. The summed E-state index contributed by atoms with van der Waals surface area (Å²) in [6, 6.07) is 9.55. The van der Waals surface area contributed by atoms with Crippen LogP contribution in [0, 0.1) is 5.92 Å². The Morgan fingerprint density at radius 3 is 2.68 bits per heavy atom. The van der Waals surface area contributed by atoms with E-state index in [1.165, 1.54) is 25.9 Å². The molecule has 1 aliphatic rings. The lowest BCUT2D eigenvalue weighted by Gasteiger charge is -2.30. The fraction of sp³-hybridized carbons (Fsp3) is 0.636. The number of nitrogens with one attached hydrogen (secondary N) is 2. The smallest absolute Gasteiger partial charge is 0.407 e. The summed E-state index contributed by atoms with van der Waals surface area (Å²) in [4.78, 5) is 26.0. The van der Waals surface area contributed by atoms with Crippen molar-refractivity contribution < 1.29 is 14.3 Å². The molecule has 2 amide bonds. The Bertz CT molecular complexity index is 580. The van der Waals surface area contributed by atoms with Gasteiger partial charge >= 0.3 is 6.09 Å². The van der Waals surface area contributed by atoms with E-state index in [1.54, 1.807) is 0 Å². The summed E-state index contributed by atoms with van der Waals surface area (Å²) < 4.78 is 5.13. The molecular weight excluding hydrogens is 354 g/mol. The molecule has 1 aliphatic heterocycles. The Morgan fingerprint density at radius 2 is 1.89 bits per heavy atom. The number of carbonyl (C=O) groups is 2. The second-order valence-electron chi connectivity index (χ2n) is 7.70. The van der Waals surface area contributed by atoms with Crippen LogP contribution in [-0.2, 0) is 16.1 Å². The molecule has 0 aliphatic carbocycles. The largest absolute Gasteiger partial charge is 0.445 e. The van der Waals surface area contributed by atoms with Crippen molar-refractivity contribution in [2.45, 2.75) is 52.1 Å². The molecule has 1 aromatic carbocycles. The molecule has 1 saturated heterocycles. The van der Waals surface area contributed by atoms with E-state index in [2.05, 4.69) is 22.5 Å². The van der Waals surface area contributed by atoms with E-state index in [4.69, 9.17) is 4.74 Å². The number of alkyl carbamates (subject to hydrolysis) is 1. The zero-order chi connectivity index (χ0) is 20.0. The van der Waals surface area contributed by atoms with Gasteiger partial charge in [0.2, 0.25) is 5.91 Å². The van der Waals surface area contributed by atoms with Crippen LogP contribution in [0.25, 0.3) is 0 Å². The van der Waals surface area contributed by atoms with Crippen molar-refractivity contribution in [3.8, 4) is 0 Å². The Balaban J connectivity index is 1.40. The first kappa shape index (κ1) is 22.2. The predicted molar refractivity (Wildman–Crippen MR) is 111 cm³/mol. The fourth-order valence-electron chi connectivity index (χ4n) is 3.48. The summed E-state index contributed by atoms with van der Waals surface area (Å²) in [6.07, 6.45) is 5.39. The van der Waals surface area contributed by atoms with E-state index in [0.29, 0.717) is 19.4 Å². The standard InChI is InChI=1S/C22H35N3O3/c1-19-9-8-16-25(17-19)15-6-5-13-23-21(26)12-7-14-24-22(27)28-18-20-10-3-2-4-11-20/h2-4,10-11,19H,5-9,12-18H2,1H3,(H,23,26)(H,24,27). The van der Waals surface area contributed by atoms with E-state index in [0.717, 1.165) is 37.4 Å². The van der Waals surface area contributed by atoms with Gasteiger partial charge in [-0.2, -0.15) is 0 Å². The van der Waals surface area contributed by atoms with Gasteiger partial charge < -0.3 is 20.3 Å². The average Bonchev–Trinajstić information content (AvgIpc) is 2.70. The summed E-state index contributed by atoms with van der Waals surface area (Å²) in [5.41, 5.74) is 0.951. The van der Waals surface area contributed by atoms with Crippen LogP contribution < -0.4 is 10.6 Å². The van der Waals surface area contributed by atoms with Gasteiger partial charge in [-0.25, -0.2) is 4.79 Å². The van der Waals surface area contributed by atoms with Crippen LogP contribution in [-0.4, -0.2) is 49.6 Å². The van der Waals surface area contributed by atoms with E-state index >= 15 is 0 Å². The maximum Gasteiger partial charge on any atom is 0.407 e. The third-order valence-electron chi connectivity index (χ3n) is 5.03. The highest BCUT2D eigenvalue weighted by molar-refractivity contribution is 5.75. The van der Waals surface area contributed by atoms with Crippen LogP contribution in [0.15, 0.2) is 30.3 Å². The zero-order valence-electron chi connectivity index (χ0n) is 17.1. The lowest BCUT2D eigenvalue weighted by molar-refractivity contribution is -0.121. The molecule has 156 valence electrons. The molecule has 2 rings (SSSR count). The van der Waals surface area contributed by atoms with Gasteiger partial charge in [-0.15, -0.1) is 0 Å². The van der Waals surface area contributed by atoms with Crippen LogP contribution >= 0.6 is 0 Å². The second kappa shape index (κ2) is 13.2. The molecule has 0 spiro atoms. The number of unbranched alkanes of at least 4 members (excludes halogenated alkanes) is 1. The minimum Gasteiger partial charge on any atom is -0.445 e. The van der Waals surface area contributed by atoms with E-state index in [9.17, 15) is 9.59 Å². The Morgan fingerprint density at radius 1 is 1.11 bits per heavy atom. The lowest BCUT2D eigenvalue weighted by Crippen LogP contribution is -2.35. The number of carbonyl (C=O) groups excluding carboxylic acids is 2. The first-order valence-electron chi connectivity index (χ1n) is 10.6. The third-order valence-corrected chi connectivity index (χ3v) is 5.03. The molecular formula is C22H35N3O3. The summed E-state index contributed by atoms with van der Waals surface area (Å²) in [7, 11) is 0. The summed E-state index contributed by atoms with van der Waals surface area (Å²) in [5.74, 6) is 0.865. The first-order valence-corrected chi connectivity index (χ1v) is 10.6.